The van der Waals surface area contributed by atoms with Gasteiger partial charge in [0.2, 0.25) is 0 Å². The Morgan fingerprint density at radius 2 is 1.85 bits per heavy atom. The molecule has 182 valence electrons. The van der Waals surface area contributed by atoms with Gasteiger partial charge >= 0.3 is 6.18 Å². The summed E-state index contributed by atoms with van der Waals surface area (Å²) in [6.45, 7) is 6.36. The maximum absolute atomic E-state index is 11.8. The summed E-state index contributed by atoms with van der Waals surface area (Å²) >= 11 is 1.41. The van der Waals surface area contributed by atoms with Gasteiger partial charge in [-0.05, 0) is 36.8 Å². The number of thiazole rings is 1. The summed E-state index contributed by atoms with van der Waals surface area (Å²) in [6, 6.07) is 9.96. The van der Waals surface area contributed by atoms with Crippen LogP contribution in [0.4, 0.5) is 18.9 Å². The number of aromatic nitrogens is 1. The Hall–Kier alpha value is -3.86. The molecule has 0 saturated heterocycles. The first kappa shape index (κ1) is 26.4. The molecule has 0 saturated carbocycles. The number of alkyl halides is 3. The van der Waals surface area contributed by atoms with Crippen molar-refractivity contribution in [1.29, 1.82) is 0 Å². The van der Waals surface area contributed by atoms with E-state index in [4.69, 9.17) is 21.3 Å². The maximum Gasteiger partial charge on any atom is 0.389 e. The summed E-state index contributed by atoms with van der Waals surface area (Å²) in [5, 5.41) is 28.8. The van der Waals surface area contributed by atoms with Crippen molar-refractivity contribution in [3.63, 3.8) is 0 Å². The van der Waals surface area contributed by atoms with Crippen molar-refractivity contribution in [2.24, 2.45) is 5.73 Å². The Kier molecular flexibility index (Phi) is 8.79. The molecule has 0 radical (unpaired) electrons. The number of aliphatic hydroxyl groups excluding tert-OH is 1. The fraction of sp³-hybridized carbons (Fsp3) is 0.174. The molecule has 0 aliphatic rings. The van der Waals surface area contributed by atoms with Gasteiger partial charge in [0.05, 0.1) is 28.1 Å². The molecule has 11 heteroatoms. The number of allylic oxidation sites excluding steroid dienone is 1. The molecule has 0 unspecified atom stereocenters. The predicted octanol–water partition coefficient (Wildman–Crippen LogP) is 5.73. The highest BCUT2D eigenvalue weighted by Crippen LogP contribution is 2.37. The molecule has 0 atom stereocenters. The summed E-state index contributed by atoms with van der Waals surface area (Å²) in [5.41, 5.74) is 12.8. The molecule has 0 bridgehead atoms. The highest BCUT2D eigenvalue weighted by atomic mass is 32.1. The molecule has 0 spiro atoms. The van der Waals surface area contributed by atoms with Crippen LogP contribution in [0.5, 0.6) is 11.5 Å². The highest BCUT2D eigenvalue weighted by molar-refractivity contribution is 7.21. The van der Waals surface area contributed by atoms with Crippen LogP contribution < -0.4 is 11.5 Å². The van der Waals surface area contributed by atoms with Gasteiger partial charge in [0.15, 0.2) is 0 Å². The third-order valence-corrected chi connectivity index (χ3v) is 5.15. The van der Waals surface area contributed by atoms with Crippen LogP contribution in [0, 0.1) is 0 Å². The number of aliphatic hydroxyl groups is 1. The van der Waals surface area contributed by atoms with Crippen LogP contribution in [-0.4, -0.2) is 33.1 Å². The van der Waals surface area contributed by atoms with E-state index >= 15 is 0 Å². The summed E-state index contributed by atoms with van der Waals surface area (Å²) in [7, 11) is 0. The van der Waals surface area contributed by atoms with Crippen LogP contribution in [0.15, 0.2) is 72.8 Å². The number of phenols is 2. The third-order valence-electron chi connectivity index (χ3n) is 4.10. The monoisotopic (exact) mass is 495 g/mol. The topological polar surface area (TPSA) is 135 Å². The molecular formula is C23H24F3N3O4S. The SMILES string of the molecule is C=C(O)/C=C(/OCCCC(F)(F)F)C(=C)N.Nc1ccc(-c2nc3ccc(O)cc3s2)c(O)c1. The van der Waals surface area contributed by atoms with Gasteiger partial charge in [-0.3, -0.25) is 0 Å². The van der Waals surface area contributed by atoms with Crippen molar-refractivity contribution in [2.45, 2.75) is 19.0 Å². The van der Waals surface area contributed by atoms with E-state index in [1.807, 2.05) is 0 Å². The van der Waals surface area contributed by atoms with Crippen LogP contribution in [-0.2, 0) is 4.74 Å². The standard InChI is InChI=1S/C13H10N2O2S.C10H14F3NO2/c14-7-1-3-9(11(17)5-7)13-15-10-4-2-8(16)6-12(10)18-13;1-7(15)6-9(8(2)14)16-5-3-4-10(11,12)13/h1-6,16-17H,14H2;6,15H,1-5,14H2/b;9-6+. The zero-order valence-corrected chi connectivity index (χ0v) is 18.8. The number of hydrogen-bond acceptors (Lipinski definition) is 8. The van der Waals surface area contributed by atoms with E-state index in [1.54, 1.807) is 30.3 Å². The zero-order chi connectivity index (χ0) is 25.5. The maximum atomic E-state index is 11.8. The Morgan fingerprint density at radius 3 is 2.44 bits per heavy atom. The van der Waals surface area contributed by atoms with Crippen molar-refractivity contribution in [2.75, 3.05) is 12.3 Å². The fourth-order valence-corrected chi connectivity index (χ4v) is 3.62. The zero-order valence-electron chi connectivity index (χ0n) is 18.0. The van der Waals surface area contributed by atoms with Crippen LogP contribution >= 0.6 is 11.3 Å². The lowest BCUT2D eigenvalue weighted by Crippen LogP contribution is -2.10. The van der Waals surface area contributed by atoms with Crippen LogP contribution in [0.2, 0.25) is 0 Å². The molecule has 3 rings (SSSR count). The van der Waals surface area contributed by atoms with Gasteiger partial charge in [-0.1, -0.05) is 13.2 Å². The van der Waals surface area contributed by atoms with Gasteiger partial charge in [-0.25, -0.2) is 4.98 Å². The van der Waals surface area contributed by atoms with E-state index in [0.29, 0.717) is 16.3 Å². The minimum atomic E-state index is -4.20. The van der Waals surface area contributed by atoms with Crippen molar-refractivity contribution in [3.8, 4) is 22.1 Å². The number of phenolic OH excluding ortho intramolecular Hbond substituents is 2. The fourth-order valence-electron chi connectivity index (χ4n) is 2.59. The minimum Gasteiger partial charge on any atom is -0.508 e. The average molecular weight is 496 g/mol. The van der Waals surface area contributed by atoms with Crippen molar-refractivity contribution >= 4 is 27.2 Å². The molecule has 0 aliphatic carbocycles. The van der Waals surface area contributed by atoms with E-state index in [-0.39, 0.29) is 41.7 Å². The molecule has 0 aliphatic heterocycles. The Morgan fingerprint density at radius 1 is 1.15 bits per heavy atom. The Balaban J connectivity index is 0.000000243. The second kappa shape index (κ2) is 11.3. The molecule has 0 amide bonds. The summed E-state index contributed by atoms with van der Waals surface area (Å²) in [5.74, 6) is 0.0320. The van der Waals surface area contributed by atoms with Crippen molar-refractivity contribution in [3.05, 3.63) is 72.8 Å². The van der Waals surface area contributed by atoms with Crippen molar-refractivity contribution < 1.29 is 33.2 Å². The highest BCUT2D eigenvalue weighted by Gasteiger charge is 2.26. The lowest BCUT2D eigenvalue weighted by Gasteiger charge is -2.10. The van der Waals surface area contributed by atoms with E-state index in [0.717, 1.165) is 16.3 Å². The lowest BCUT2D eigenvalue weighted by atomic mass is 10.2. The molecule has 2 aromatic carbocycles. The van der Waals surface area contributed by atoms with Crippen molar-refractivity contribution in [1.82, 2.24) is 4.98 Å². The summed E-state index contributed by atoms with van der Waals surface area (Å²) in [4.78, 5) is 4.42. The molecule has 7 N–H and O–H groups in total. The smallest absolute Gasteiger partial charge is 0.389 e. The van der Waals surface area contributed by atoms with Crippen LogP contribution in [0.3, 0.4) is 0 Å². The number of anilines is 1. The number of nitrogens with two attached hydrogens (primary N) is 2. The first-order valence-corrected chi connectivity index (χ1v) is 10.6. The first-order chi connectivity index (χ1) is 15.9. The third kappa shape index (κ3) is 8.24. The number of ether oxygens (including phenoxy) is 1. The van der Waals surface area contributed by atoms with E-state index < -0.39 is 12.6 Å². The molecule has 1 heterocycles. The van der Waals surface area contributed by atoms with Gasteiger partial charge in [0.1, 0.15) is 28.0 Å². The predicted molar refractivity (Wildman–Crippen MR) is 127 cm³/mol. The van der Waals surface area contributed by atoms with Gasteiger partial charge in [-0.2, -0.15) is 13.2 Å². The second-order valence-electron chi connectivity index (χ2n) is 7.04. The number of fused-ring (bicyclic) bond motifs is 1. The molecular weight excluding hydrogens is 471 g/mol. The largest absolute Gasteiger partial charge is 0.508 e. The molecule has 3 aromatic rings. The Labute approximate surface area is 197 Å². The number of benzene rings is 2. The molecule has 1 aromatic heterocycles. The van der Waals surface area contributed by atoms with E-state index in [1.165, 1.54) is 17.4 Å². The normalized spacial score (nSPS) is 11.6. The van der Waals surface area contributed by atoms with Crippen LogP contribution in [0.1, 0.15) is 12.8 Å². The first-order valence-electron chi connectivity index (χ1n) is 9.78. The molecule has 0 fully saturated rings. The number of aromatic hydroxyl groups is 2. The summed E-state index contributed by atoms with van der Waals surface area (Å²) < 4.78 is 41.1. The van der Waals surface area contributed by atoms with Gasteiger partial charge < -0.3 is 31.5 Å². The van der Waals surface area contributed by atoms with Crippen LogP contribution in [0.25, 0.3) is 20.8 Å². The number of rotatable bonds is 7. The number of hydrogen-bond donors (Lipinski definition) is 5. The number of halogens is 3. The number of nitrogens with zero attached hydrogens (tertiary/aromatic N) is 1. The second-order valence-corrected chi connectivity index (χ2v) is 8.07. The molecule has 7 nitrogen and oxygen atoms in total. The van der Waals surface area contributed by atoms with E-state index in [2.05, 4.69) is 18.1 Å². The van der Waals surface area contributed by atoms with E-state index in [9.17, 15) is 23.4 Å². The lowest BCUT2D eigenvalue weighted by molar-refractivity contribution is -0.137. The van der Waals surface area contributed by atoms with Gasteiger partial charge in [0.25, 0.3) is 0 Å². The van der Waals surface area contributed by atoms with Gasteiger partial charge in [0, 0.05) is 24.3 Å². The van der Waals surface area contributed by atoms with Gasteiger partial charge in [-0.15, -0.1) is 11.3 Å². The minimum absolute atomic E-state index is 0.0159. The summed E-state index contributed by atoms with van der Waals surface area (Å²) in [6.07, 6.45) is -4.23. The Bertz CT molecular complexity index is 1210. The molecule has 34 heavy (non-hydrogen) atoms. The average Bonchev–Trinajstić information content (AvgIpc) is 3.12. The number of nitrogen functional groups attached to an aromatic ring is 1. The quantitative estimate of drug-likeness (QED) is 0.122.